The van der Waals surface area contributed by atoms with Gasteiger partial charge in [-0.05, 0) is 37.2 Å². The summed E-state index contributed by atoms with van der Waals surface area (Å²) in [4.78, 5) is 4.60. The molecule has 1 aliphatic rings. The molecule has 1 aromatic heterocycles. The lowest BCUT2D eigenvalue weighted by atomic mass is 10.1. The van der Waals surface area contributed by atoms with Crippen LogP contribution in [0.25, 0.3) is 0 Å². The van der Waals surface area contributed by atoms with Crippen LogP contribution in [0.5, 0.6) is 0 Å². The molecule has 1 aliphatic heterocycles. The lowest BCUT2D eigenvalue weighted by molar-refractivity contribution is 0.521. The lowest BCUT2D eigenvalue weighted by Crippen LogP contribution is -2.26. The molecule has 96 valence electrons. The zero-order valence-corrected chi connectivity index (χ0v) is 11.9. The number of imidazole rings is 1. The minimum Gasteiger partial charge on any atom is -0.353 e. The minimum atomic E-state index is 0.615. The van der Waals surface area contributed by atoms with Crippen LogP contribution in [0.1, 0.15) is 32.4 Å². The van der Waals surface area contributed by atoms with Crippen LogP contribution in [-0.2, 0) is 6.54 Å². The predicted octanol–water partition coefficient (Wildman–Crippen LogP) is 3.16. The van der Waals surface area contributed by atoms with Gasteiger partial charge in [-0.25, -0.2) is 4.98 Å². The topological polar surface area (TPSA) is 29.9 Å². The van der Waals surface area contributed by atoms with Gasteiger partial charge in [0.15, 0.2) is 0 Å². The van der Waals surface area contributed by atoms with Gasteiger partial charge in [-0.2, -0.15) is 11.8 Å². The molecule has 2 rings (SSSR count). The first kappa shape index (κ1) is 12.8. The van der Waals surface area contributed by atoms with Crippen LogP contribution in [-0.4, -0.2) is 27.1 Å². The molecule has 0 bridgehead atoms. The Morgan fingerprint density at radius 1 is 1.47 bits per heavy atom. The molecule has 0 atom stereocenters. The van der Waals surface area contributed by atoms with E-state index in [0.717, 1.165) is 18.2 Å². The van der Waals surface area contributed by atoms with Gasteiger partial charge in [-0.3, -0.25) is 0 Å². The Labute approximate surface area is 108 Å². The first-order chi connectivity index (χ1) is 8.15. The van der Waals surface area contributed by atoms with Crippen molar-refractivity contribution < 1.29 is 0 Å². The molecule has 0 spiro atoms. The third kappa shape index (κ3) is 3.66. The van der Waals surface area contributed by atoms with E-state index in [4.69, 9.17) is 0 Å². The van der Waals surface area contributed by atoms with Crippen molar-refractivity contribution in [3.05, 3.63) is 11.9 Å². The maximum atomic E-state index is 4.60. The molecule has 0 aliphatic carbocycles. The second-order valence-electron chi connectivity index (χ2n) is 5.28. The number of hydrogen-bond donors (Lipinski definition) is 1. The van der Waals surface area contributed by atoms with Crippen molar-refractivity contribution in [2.45, 2.75) is 46.2 Å². The van der Waals surface area contributed by atoms with Crippen LogP contribution >= 0.6 is 11.8 Å². The van der Waals surface area contributed by atoms with Crippen molar-refractivity contribution in [3.8, 4) is 0 Å². The molecule has 3 nitrogen and oxygen atoms in total. The van der Waals surface area contributed by atoms with Gasteiger partial charge in [0.05, 0.1) is 5.69 Å². The quantitative estimate of drug-likeness (QED) is 0.894. The fraction of sp³-hybridized carbons (Fsp3) is 0.769. The molecule has 0 unspecified atom stereocenters. The maximum Gasteiger partial charge on any atom is 0.203 e. The molecule has 17 heavy (non-hydrogen) atoms. The standard InChI is InChI=1S/C13H23N3S/c1-10(2)8-16-9-11(3)14-13(16)15-12-4-6-17-7-5-12/h9-10,12H,4-8H2,1-3H3,(H,14,15). The van der Waals surface area contributed by atoms with Gasteiger partial charge >= 0.3 is 0 Å². The van der Waals surface area contributed by atoms with E-state index in [0.29, 0.717) is 12.0 Å². The molecule has 1 fully saturated rings. The number of nitrogens with one attached hydrogen (secondary N) is 1. The second-order valence-corrected chi connectivity index (χ2v) is 6.51. The number of nitrogens with zero attached hydrogens (tertiary/aromatic N) is 2. The largest absolute Gasteiger partial charge is 0.353 e. The van der Waals surface area contributed by atoms with E-state index in [1.165, 1.54) is 24.3 Å². The van der Waals surface area contributed by atoms with Crippen LogP contribution in [0.3, 0.4) is 0 Å². The van der Waals surface area contributed by atoms with Crippen molar-refractivity contribution in [3.63, 3.8) is 0 Å². The number of anilines is 1. The summed E-state index contributed by atoms with van der Waals surface area (Å²) in [6.07, 6.45) is 4.68. The fourth-order valence-corrected chi connectivity index (χ4v) is 3.33. The van der Waals surface area contributed by atoms with Crippen LogP contribution in [0, 0.1) is 12.8 Å². The number of rotatable bonds is 4. The van der Waals surface area contributed by atoms with Crippen LogP contribution < -0.4 is 5.32 Å². The summed E-state index contributed by atoms with van der Waals surface area (Å²) in [5, 5.41) is 3.61. The van der Waals surface area contributed by atoms with Crippen molar-refractivity contribution in [2.24, 2.45) is 5.92 Å². The SMILES string of the molecule is Cc1cn(CC(C)C)c(NC2CCSCC2)n1. The number of aromatic nitrogens is 2. The predicted molar refractivity (Wildman–Crippen MR) is 75.8 cm³/mol. The van der Waals surface area contributed by atoms with E-state index >= 15 is 0 Å². The van der Waals surface area contributed by atoms with Crippen molar-refractivity contribution in [1.82, 2.24) is 9.55 Å². The monoisotopic (exact) mass is 253 g/mol. The normalized spacial score (nSPS) is 17.6. The Bertz CT molecular complexity index is 354. The molecule has 2 heterocycles. The van der Waals surface area contributed by atoms with Gasteiger partial charge in [-0.15, -0.1) is 0 Å². The Kier molecular flexibility index (Phi) is 4.37. The van der Waals surface area contributed by atoms with E-state index in [1.807, 2.05) is 0 Å². The Morgan fingerprint density at radius 3 is 2.82 bits per heavy atom. The summed E-state index contributed by atoms with van der Waals surface area (Å²) in [6.45, 7) is 7.61. The number of aryl methyl sites for hydroxylation is 1. The number of hydrogen-bond acceptors (Lipinski definition) is 3. The fourth-order valence-electron chi connectivity index (χ4n) is 2.22. The summed E-state index contributed by atoms with van der Waals surface area (Å²) >= 11 is 2.06. The highest BCUT2D eigenvalue weighted by Crippen LogP contribution is 2.21. The van der Waals surface area contributed by atoms with E-state index in [-0.39, 0.29) is 0 Å². The minimum absolute atomic E-state index is 0.615. The lowest BCUT2D eigenvalue weighted by Gasteiger charge is -2.23. The average Bonchev–Trinajstić information content (AvgIpc) is 2.59. The third-order valence-corrected chi connectivity index (χ3v) is 4.06. The summed E-state index contributed by atoms with van der Waals surface area (Å²) < 4.78 is 2.27. The van der Waals surface area contributed by atoms with Gasteiger partial charge in [-0.1, -0.05) is 13.8 Å². The molecule has 4 heteroatoms. The highest BCUT2D eigenvalue weighted by Gasteiger charge is 2.16. The molecule has 0 radical (unpaired) electrons. The average molecular weight is 253 g/mol. The molecule has 0 saturated carbocycles. The van der Waals surface area contributed by atoms with E-state index < -0.39 is 0 Å². The second kappa shape index (κ2) is 5.80. The van der Waals surface area contributed by atoms with Gasteiger partial charge in [0.1, 0.15) is 0 Å². The first-order valence-corrected chi connectivity index (χ1v) is 7.68. The molecule has 1 N–H and O–H groups in total. The van der Waals surface area contributed by atoms with Gasteiger partial charge in [0.2, 0.25) is 5.95 Å². The van der Waals surface area contributed by atoms with Gasteiger partial charge in [0.25, 0.3) is 0 Å². The van der Waals surface area contributed by atoms with Crippen LogP contribution in [0.2, 0.25) is 0 Å². The summed E-state index contributed by atoms with van der Waals surface area (Å²) in [5.41, 5.74) is 1.11. The van der Waals surface area contributed by atoms with Crippen LogP contribution in [0.4, 0.5) is 5.95 Å². The molecular formula is C13H23N3S. The zero-order chi connectivity index (χ0) is 12.3. The molecule has 0 aromatic carbocycles. The molecule has 1 saturated heterocycles. The van der Waals surface area contributed by atoms with Crippen LogP contribution in [0.15, 0.2) is 6.20 Å². The molecular weight excluding hydrogens is 230 g/mol. The Morgan fingerprint density at radius 2 is 2.18 bits per heavy atom. The summed E-state index contributed by atoms with van der Waals surface area (Å²) in [6, 6.07) is 0.615. The maximum absolute atomic E-state index is 4.60. The van der Waals surface area contributed by atoms with Crippen molar-refractivity contribution in [1.29, 1.82) is 0 Å². The summed E-state index contributed by atoms with van der Waals surface area (Å²) in [7, 11) is 0. The van der Waals surface area contributed by atoms with Gasteiger partial charge in [0, 0.05) is 18.8 Å². The smallest absolute Gasteiger partial charge is 0.203 e. The zero-order valence-electron chi connectivity index (χ0n) is 11.1. The van der Waals surface area contributed by atoms with Gasteiger partial charge < -0.3 is 9.88 Å². The van der Waals surface area contributed by atoms with Crippen molar-refractivity contribution >= 4 is 17.7 Å². The number of thioether (sulfide) groups is 1. The van der Waals surface area contributed by atoms with E-state index in [2.05, 4.69) is 53.6 Å². The Balaban J connectivity index is 2.02. The third-order valence-electron chi connectivity index (χ3n) is 3.01. The van der Waals surface area contributed by atoms with E-state index in [9.17, 15) is 0 Å². The highest BCUT2D eigenvalue weighted by molar-refractivity contribution is 7.99. The Hall–Kier alpha value is -0.640. The molecule has 1 aromatic rings. The molecule has 0 amide bonds. The van der Waals surface area contributed by atoms with Crippen molar-refractivity contribution in [2.75, 3.05) is 16.8 Å². The first-order valence-electron chi connectivity index (χ1n) is 6.53. The van der Waals surface area contributed by atoms with E-state index in [1.54, 1.807) is 0 Å². The summed E-state index contributed by atoms with van der Waals surface area (Å²) in [5.74, 6) is 4.28. The highest BCUT2D eigenvalue weighted by atomic mass is 32.2.